The summed E-state index contributed by atoms with van der Waals surface area (Å²) in [6, 6.07) is 1.03. The predicted octanol–water partition coefficient (Wildman–Crippen LogP) is 1.41. The molecular formula is C13H17FN2O3S. The van der Waals surface area contributed by atoms with Crippen LogP contribution in [0.25, 0.3) is 0 Å². The van der Waals surface area contributed by atoms with E-state index in [0.29, 0.717) is 26.3 Å². The van der Waals surface area contributed by atoms with Crippen LogP contribution in [0, 0.1) is 11.2 Å². The van der Waals surface area contributed by atoms with Gasteiger partial charge in [-0.2, -0.15) is 4.31 Å². The highest BCUT2D eigenvalue weighted by atomic mass is 32.2. The summed E-state index contributed by atoms with van der Waals surface area (Å²) in [6.45, 7) is 2.36. The van der Waals surface area contributed by atoms with Crippen molar-refractivity contribution < 1.29 is 17.5 Å². The number of nitrogens with zero attached hydrogens (tertiary/aromatic N) is 2. The normalized spacial score (nSPS) is 23.2. The largest absolute Gasteiger partial charge is 0.381 e. The third kappa shape index (κ3) is 2.45. The van der Waals surface area contributed by atoms with Gasteiger partial charge >= 0.3 is 0 Å². The lowest BCUT2D eigenvalue weighted by atomic mass is 9.80. The second-order valence-corrected chi connectivity index (χ2v) is 7.48. The van der Waals surface area contributed by atoms with Gasteiger partial charge in [0.2, 0.25) is 10.0 Å². The van der Waals surface area contributed by atoms with Crippen molar-refractivity contribution in [3.8, 4) is 0 Å². The molecule has 0 N–H and O–H groups in total. The smallest absolute Gasteiger partial charge is 0.244 e. The second kappa shape index (κ2) is 5.05. The van der Waals surface area contributed by atoms with Crippen LogP contribution in [0.2, 0.25) is 0 Å². The topological polar surface area (TPSA) is 59.5 Å². The molecule has 0 unspecified atom stereocenters. The van der Waals surface area contributed by atoms with Gasteiger partial charge in [-0.15, -0.1) is 0 Å². The Hall–Kier alpha value is -1.05. The fourth-order valence-corrected chi connectivity index (χ4v) is 4.52. The van der Waals surface area contributed by atoms with E-state index >= 15 is 0 Å². The number of aromatic nitrogens is 1. The van der Waals surface area contributed by atoms with Crippen molar-refractivity contribution in [2.75, 3.05) is 26.3 Å². The molecule has 5 nitrogen and oxygen atoms in total. The number of hydrogen-bond acceptors (Lipinski definition) is 4. The van der Waals surface area contributed by atoms with Crippen LogP contribution in [-0.2, 0) is 14.8 Å². The molecule has 2 aliphatic heterocycles. The molecular weight excluding hydrogens is 283 g/mol. The first-order chi connectivity index (χ1) is 9.52. The van der Waals surface area contributed by atoms with E-state index in [1.54, 1.807) is 0 Å². The highest BCUT2D eigenvalue weighted by Gasteiger charge is 2.43. The van der Waals surface area contributed by atoms with E-state index < -0.39 is 15.8 Å². The molecule has 2 fully saturated rings. The van der Waals surface area contributed by atoms with Gasteiger partial charge in [-0.1, -0.05) is 0 Å². The SMILES string of the molecule is O=S(=O)(c1cncc(F)c1)N1CCC2(CCOCC2)C1. The van der Waals surface area contributed by atoms with Gasteiger partial charge in [0.05, 0.1) is 6.20 Å². The van der Waals surface area contributed by atoms with E-state index in [1.165, 1.54) is 10.5 Å². The summed E-state index contributed by atoms with van der Waals surface area (Å²) in [5, 5.41) is 0. The first-order valence-corrected chi connectivity index (χ1v) is 8.14. The van der Waals surface area contributed by atoms with Crippen molar-refractivity contribution in [1.82, 2.24) is 9.29 Å². The number of sulfonamides is 1. The van der Waals surface area contributed by atoms with Gasteiger partial charge in [0.25, 0.3) is 0 Å². The molecule has 1 aromatic rings. The van der Waals surface area contributed by atoms with E-state index in [-0.39, 0.29) is 10.3 Å². The van der Waals surface area contributed by atoms with Crippen LogP contribution < -0.4 is 0 Å². The van der Waals surface area contributed by atoms with Crippen LogP contribution in [0.5, 0.6) is 0 Å². The maximum atomic E-state index is 13.2. The molecule has 110 valence electrons. The molecule has 0 aliphatic carbocycles. The minimum Gasteiger partial charge on any atom is -0.381 e. The van der Waals surface area contributed by atoms with Crippen molar-refractivity contribution in [3.63, 3.8) is 0 Å². The Balaban J connectivity index is 1.83. The van der Waals surface area contributed by atoms with Crippen LogP contribution in [0.1, 0.15) is 19.3 Å². The molecule has 0 amide bonds. The third-order valence-electron chi connectivity index (χ3n) is 4.27. The fourth-order valence-electron chi connectivity index (χ4n) is 2.99. The van der Waals surface area contributed by atoms with Crippen LogP contribution >= 0.6 is 0 Å². The summed E-state index contributed by atoms with van der Waals surface area (Å²) in [5.41, 5.74) is 0.0338. The molecule has 0 saturated carbocycles. The molecule has 3 rings (SSSR count). The Morgan fingerprint density at radius 1 is 1.25 bits per heavy atom. The molecule has 0 aromatic carbocycles. The van der Waals surface area contributed by atoms with Crippen LogP contribution in [0.15, 0.2) is 23.4 Å². The van der Waals surface area contributed by atoms with Gasteiger partial charge in [-0.3, -0.25) is 4.98 Å². The van der Waals surface area contributed by atoms with E-state index in [4.69, 9.17) is 4.74 Å². The fraction of sp³-hybridized carbons (Fsp3) is 0.615. The number of rotatable bonds is 2. The molecule has 2 aliphatic rings. The highest BCUT2D eigenvalue weighted by molar-refractivity contribution is 7.89. The molecule has 0 radical (unpaired) electrons. The zero-order chi connectivity index (χ0) is 14.2. The summed E-state index contributed by atoms with van der Waals surface area (Å²) in [4.78, 5) is 3.56. The second-order valence-electron chi connectivity index (χ2n) is 5.54. The number of halogens is 1. The van der Waals surface area contributed by atoms with Gasteiger partial charge in [0, 0.05) is 32.5 Å². The summed E-state index contributed by atoms with van der Waals surface area (Å²) in [7, 11) is -3.65. The first kappa shape index (κ1) is 13.9. The van der Waals surface area contributed by atoms with Gasteiger partial charge in [0.15, 0.2) is 0 Å². The Morgan fingerprint density at radius 2 is 2.00 bits per heavy atom. The Kier molecular flexibility index (Phi) is 3.51. The lowest BCUT2D eigenvalue weighted by Crippen LogP contribution is -2.35. The van der Waals surface area contributed by atoms with Crippen molar-refractivity contribution in [2.45, 2.75) is 24.2 Å². The number of ether oxygens (including phenoxy) is 1. The summed E-state index contributed by atoms with van der Waals surface area (Å²) in [6.07, 6.45) is 4.83. The maximum absolute atomic E-state index is 13.2. The van der Waals surface area contributed by atoms with Crippen molar-refractivity contribution >= 4 is 10.0 Å². The molecule has 20 heavy (non-hydrogen) atoms. The average molecular weight is 300 g/mol. The van der Waals surface area contributed by atoms with E-state index in [0.717, 1.165) is 31.5 Å². The zero-order valence-electron chi connectivity index (χ0n) is 11.1. The number of pyridine rings is 1. The van der Waals surface area contributed by atoms with E-state index in [2.05, 4.69) is 4.98 Å². The Bertz CT molecular complexity index is 599. The van der Waals surface area contributed by atoms with Crippen LogP contribution in [0.4, 0.5) is 4.39 Å². The van der Waals surface area contributed by atoms with Crippen molar-refractivity contribution in [3.05, 3.63) is 24.3 Å². The lowest BCUT2D eigenvalue weighted by Gasteiger charge is -2.33. The van der Waals surface area contributed by atoms with E-state index in [9.17, 15) is 12.8 Å². The van der Waals surface area contributed by atoms with Gasteiger partial charge in [-0.05, 0) is 30.7 Å². The molecule has 2 saturated heterocycles. The lowest BCUT2D eigenvalue weighted by molar-refractivity contribution is 0.0222. The molecule has 1 aromatic heterocycles. The molecule has 3 heterocycles. The third-order valence-corrected chi connectivity index (χ3v) is 6.08. The van der Waals surface area contributed by atoms with Crippen molar-refractivity contribution in [2.24, 2.45) is 5.41 Å². The molecule has 1 spiro atoms. The van der Waals surface area contributed by atoms with Gasteiger partial charge in [0.1, 0.15) is 10.7 Å². The quantitative estimate of drug-likeness (QED) is 0.828. The van der Waals surface area contributed by atoms with Crippen LogP contribution in [0.3, 0.4) is 0 Å². The number of hydrogen-bond donors (Lipinski definition) is 0. The average Bonchev–Trinajstić information content (AvgIpc) is 2.84. The van der Waals surface area contributed by atoms with Gasteiger partial charge in [-0.25, -0.2) is 12.8 Å². The molecule has 0 atom stereocenters. The first-order valence-electron chi connectivity index (χ1n) is 6.70. The predicted molar refractivity (Wildman–Crippen MR) is 70.1 cm³/mol. The minimum absolute atomic E-state index is 0.0338. The van der Waals surface area contributed by atoms with Crippen LogP contribution in [-0.4, -0.2) is 44.0 Å². The minimum atomic E-state index is -3.65. The highest BCUT2D eigenvalue weighted by Crippen LogP contribution is 2.41. The monoisotopic (exact) mass is 300 g/mol. The Labute approximate surface area is 117 Å². The molecule has 7 heteroatoms. The Morgan fingerprint density at radius 3 is 2.70 bits per heavy atom. The summed E-state index contributed by atoms with van der Waals surface area (Å²) in [5.74, 6) is -0.633. The van der Waals surface area contributed by atoms with Crippen molar-refractivity contribution in [1.29, 1.82) is 0 Å². The molecule has 0 bridgehead atoms. The maximum Gasteiger partial charge on any atom is 0.244 e. The summed E-state index contributed by atoms with van der Waals surface area (Å²) >= 11 is 0. The van der Waals surface area contributed by atoms with Gasteiger partial charge < -0.3 is 4.74 Å². The zero-order valence-corrected chi connectivity index (χ0v) is 11.9. The van der Waals surface area contributed by atoms with E-state index in [1.807, 2.05) is 0 Å². The summed E-state index contributed by atoms with van der Waals surface area (Å²) < 4.78 is 45.0. The standard InChI is InChI=1S/C13H17FN2O3S/c14-11-7-12(9-15-8-11)20(17,18)16-4-1-13(10-16)2-5-19-6-3-13/h7-9H,1-6,10H2.